The zero-order valence-corrected chi connectivity index (χ0v) is 21.8. The van der Waals surface area contributed by atoms with E-state index in [0.717, 1.165) is 42.9 Å². The third kappa shape index (κ3) is 8.88. The molecule has 0 saturated carbocycles. The summed E-state index contributed by atoms with van der Waals surface area (Å²) in [4.78, 5) is 9.23. The van der Waals surface area contributed by atoms with E-state index in [0.29, 0.717) is 0 Å². The fraction of sp³-hybridized carbons (Fsp3) is 0.696. The number of benzene rings is 1. The highest BCUT2D eigenvalue weighted by Crippen LogP contribution is 2.27. The van der Waals surface area contributed by atoms with E-state index < -0.39 is 0 Å². The van der Waals surface area contributed by atoms with Crippen LogP contribution in [0.4, 0.5) is 0 Å². The summed E-state index contributed by atoms with van der Waals surface area (Å²) in [5.74, 6) is 3.41. The van der Waals surface area contributed by atoms with Gasteiger partial charge in [-0.2, -0.15) is 0 Å². The number of hydrogen-bond acceptors (Lipinski definition) is 4. The highest BCUT2D eigenvalue weighted by atomic mass is 127. The van der Waals surface area contributed by atoms with Crippen LogP contribution in [0.1, 0.15) is 38.2 Å². The lowest BCUT2D eigenvalue weighted by Crippen LogP contribution is -2.40. The van der Waals surface area contributed by atoms with Gasteiger partial charge in [-0.15, -0.1) is 24.0 Å². The van der Waals surface area contributed by atoms with Gasteiger partial charge >= 0.3 is 0 Å². The molecule has 0 aromatic heterocycles. The fourth-order valence-electron chi connectivity index (χ4n) is 3.77. The van der Waals surface area contributed by atoms with Crippen molar-refractivity contribution in [2.24, 2.45) is 10.9 Å². The fourth-order valence-corrected chi connectivity index (χ4v) is 3.77. The molecule has 0 bridgehead atoms. The molecular weight excluding hydrogens is 491 g/mol. The summed E-state index contributed by atoms with van der Waals surface area (Å²) in [7, 11) is 7.27. The molecule has 1 heterocycles. The number of nitrogens with zero attached hydrogens (tertiary/aromatic N) is 3. The molecule has 1 N–H and O–H groups in total. The van der Waals surface area contributed by atoms with Gasteiger partial charge in [-0.1, -0.05) is 13.0 Å². The van der Waals surface area contributed by atoms with Crippen LogP contribution in [-0.2, 0) is 6.42 Å². The minimum absolute atomic E-state index is 0. The second-order valence-corrected chi connectivity index (χ2v) is 8.07. The van der Waals surface area contributed by atoms with E-state index in [9.17, 15) is 0 Å². The Hall–Kier alpha value is -1.22. The summed E-state index contributed by atoms with van der Waals surface area (Å²) in [6.07, 6.45) is 6.05. The summed E-state index contributed by atoms with van der Waals surface area (Å²) in [5, 5.41) is 3.50. The molecule has 0 spiro atoms. The first-order valence-corrected chi connectivity index (χ1v) is 10.9. The van der Waals surface area contributed by atoms with Crippen LogP contribution in [0, 0.1) is 5.92 Å². The van der Waals surface area contributed by atoms with Gasteiger partial charge in [0.25, 0.3) is 0 Å². The van der Waals surface area contributed by atoms with Gasteiger partial charge in [0.2, 0.25) is 0 Å². The molecule has 1 saturated heterocycles. The summed E-state index contributed by atoms with van der Waals surface area (Å²) in [6.45, 7) is 8.00. The summed E-state index contributed by atoms with van der Waals surface area (Å²) in [5.41, 5.74) is 1.22. The molecule has 0 amide bonds. The number of halogens is 1. The first kappa shape index (κ1) is 26.8. The molecule has 30 heavy (non-hydrogen) atoms. The van der Waals surface area contributed by atoms with E-state index in [1.165, 1.54) is 50.9 Å². The standard InChI is InChI=1S/C23H40N4O2.HI/c1-19-10-16-27(17-11-19)14-7-6-13-25-23(24-2)26(3)15-12-20-8-9-21(28-4)22(18-20)29-5;/h8-9,18-19H,6-7,10-17H2,1-5H3,(H,24,25);1H. The molecule has 0 atom stereocenters. The van der Waals surface area contributed by atoms with Gasteiger partial charge in [0.1, 0.15) is 0 Å². The van der Waals surface area contributed by atoms with Crippen molar-refractivity contribution in [3.63, 3.8) is 0 Å². The summed E-state index contributed by atoms with van der Waals surface area (Å²) >= 11 is 0. The molecule has 1 aromatic carbocycles. The number of piperidine rings is 1. The monoisotopic (exact) mass is 532 g/mol. The maximum Gasteiger partial charge on any atom is 0.193 e. The zero-order chi connectivity index (χ0) is 21.1. The van der Waals surface area contributed by atoms with E-state index in [1.807, 2.05) is 19.2 Å². The maximum absolute atomic E-state index is 5.40. The molecule has 0 radical (unpaired) electrons. The van der Waals surface area contributed by atoms with E-state index in [2.05, 4.69) is 40.1 Å². The minimum Gasteiger partial charge on any atom is -0.493 e. The van der Waals surface area contributed by atoms with Crippen LogP contribution in [-0.4, -0.2) is 76.8 Å². The normalized spacial score (nSPS) is 15.4. The third-order valence-electron chi connectivity index (χ3n) is 5.82. The second kappa shape index (κ2) is 14.7. The van der Waals surface area contributed by atoms with Gasteiger partial charge < -0.3 is 24.6 Å². The number of likely N-dealkylation sites (tertiary alicyclic amines) is 1. The number of aliphatic imine (C=N–C) groups is 1. The van der Waals surface area contributed by atoms with Crippen LogP contribution in [0.15, 0.2) is 23.2 Å². The Balaban J connectivity index is 0.00000450. The van der Waals surface area contributed by atoms with Crippen molar-refractivity contribution >= 4 is 29.9 Å². The molecule has 1 aliphatic heterocycles. The minimum atomic E-state index is 0. The molecule has 172 valence electrons. The van der Waals surface area contributed by atoms with Crippen molar-refractivity contribution in [3.8, 4) is 11.5 Å². The van der Waals surface area contributed by atoms with Crippen LogP contribution in [0.3, 0.4) is 0 Å². The quantitative estimate of drug-likeness (QED) is 0.215. The van der Waals surface area contributed by atoms with Crippen LogP contribution in [0.5, 0.6) is 11.5 Å². The lowest BCUT2D eigenvalue weighted by Gasteiger charge is -2.30. The van der Waals surface area contributed by atoms with Crippen LogP contribution in [0.2, 0.25) is 0 Å². The first-order chi connectivity index (χ1) is 14.1. The van der Waals surface area contributed by atoms with Crippen molar-refractivity contribution in [3.05, 3.63) is 23.8 Å². The molecular formula is C23H41IN4O2. The van der Waals surface area contributed by atoms with Gasteiger partial charge in [0, 0.05) is 27.2 Å². The second-order valence-electron chi connectivity index (χ2n) is 8.07. The van der Waals surface area contributed by atoms with Crippen molar-refractivity contribution < 1.29 is 9.47 Å². The average Bonchev–Trinajstić information content (AvgIpc) is 2.75. The van der Waals surface area contributed by atoms with Gasteiger partial charge in [-0.05, 0) is 75.4 Å². The Kier molecular flexibility index (Phi) is 13.2. The van der Waals surface area contributed by atoms with Crippen molar-refractivity contribution in [1.82, 2.24) is 15.1 Å². The van der Waals surface area contributed by atoms with E-state index in [4.69, 9.17) is 9.47 Å². The molecule has 7 heteroatoms. The van der Waals surface area contributed by atoms with E-state index in [-0.39, 0.29) is 24.0 Å². The van der Waals surface area contributed by atoms with Crippen LogP contribution in [0.25, 0.3) is 0 Å². The number of ether oxygens (including phenoxy) is 2. The van der Waals surface area contributed by atoms with Crippen molar-refractivity contribution in [1.29, 1.82) is 0 Å². The molecule has 6 nitrogen and oxygen atoms in total. The number of guanidine groups is 1. The lowest BCUT2D eigenvalue weighted by molar-refractivity contribution is 0.189. The molecule has 0 aliphatic carbocycles. The number of rotatable bonds is 10. The van der Waals surface area contributed by atoms with E-state index in [1.54, 1.807) is 14.2 Å². The summed E-state index contributed by atoms with van der Waals surface area (Å²) in [6, 6.07) is 6.10. The zero-order valence-electron chi connectivity index (χ0n) is 19.4. The Labute approximate surface area is 200 Å². The van der Waals surface area contributed by atoms with Crippen molar-refractivity contribution in [2.75, 3.05) is 61.0 Å². The first-order valence-electron chi connectivity index (χ1n) is 10.9. The molecule has 0 unspecified atom stereocenters. The highest BCUT2D eigenvalue weighted by molar-refractivity contribution is 14.0. The number of methoxy groups -OCH3 is 2. The Bertz CT molecular complexity index is 634. The largest absolute Gasteiger partial charge is 0.493 e. The highest BCUT2D eigenvalue weighted by Gasteiger charge is 2.14. The predicted molar refractivity (Wildman–Crippen MR) is 137 cm³/mol. The van der Waals surface area contributed by atoms with Crippen molar-refractivity contribution in [2.45, 2.75) is 39.0 Å². The maximum atomic E-state index is 5.40. The summed E-state index contributed by atoms with van der Waals surface area (Å²) < 4.78 is 10.7. The molecule has 1 aromatic rings. The number of likely N-dealkylation sites (N-methyl/N-ethyl adjacent to an activating group) is 1. The Morgan fingerprint density at radius 2 is 1.87 bits per heavy atom. The van der Waals surface area contributed by atoms with Crippen LogP contribution >= 0.6 is 24.0 Å². The van der Waals surface area contributed by atoms with Crippen LogP contribution < -0.4 is 14.8 Å². The number of hydrogen-bond donors (Lipinski definition) is 1. The van der Waals surface area contributed by atoms with Gasteiger partial charge in [-0.3, -0.25) is 4.99 Å². The third-order valence-corrected chi connectivity index (χ3v) is 5.82. The molecule has 2 rings (SSSR count). The van der Waals surface area contributed by atoms with Gasteiger partial charge in [0.05, 0.1) is 14.2 Å². The smallest absolute Gasteiger partial charge is 0.193 e. The number of nitrogens with one attached hydrogen (secondary N) is 1. The molecule has 1 fully saturated rings. The van der Waals surface area contributed by atoms with Gasteiger partial charge in [-0.25, -0.2) is 0 Å². The Morgan fingerprint density at radius 3 is 2.50 bits per heavy atom. The van der Waals surface area contributed by atoms with Gasteiger partial charge in [0.15, 0.2) is 17.5 Å². The van der Waals surface area contributed by atoms with E-state index >= 15 is 0 Å². The lowest BCUT2D eigenvalue weighted by atomic mass is 9.99. The SMILES string of the molecule is CN=C(NCCCCN1CCC(C)CC1)N(C)CCc1ccc(OC)c(OC)c1.I. The predicted octanol–water partition coefficient (Wildman–Crippen LogP) is 3.88. The Morgan fingerprint density at radius 1 is 1.17 bits per heavy atom. The molecule has 1 aliphatic rings. The number of unbranched alkanes of at least 4 members (excludes halogenated alkanes) is 1. The average molecular weight is 533 g/mol. The topological polar surface area (TPSA) is 49.3 Å².